The number of aryl methyl sites for hydroxylation is 1. The van der Waals surface area contributed by atoms with Crippen molar-refractivity contribution in [2.75, 3.05) is 5.73 Å². The summed E-state index contributed by atoms with van der Waals surface area (Å²) in [5.41, 5.74) is 7.91. The van der Waals surface area contributed by atoms with Crippen molar-refractivity contribution in [2.24, 2.45) is 0 Å². The van der Waals surface area contributed by atoms with Gasteiger partial charge in [-0.25, -0.2) is 4.39 Å². The van der Waals surface area contributed by atoms with Crippen molar-refractivity contribution in [3.05, 3.63) is 65.0 Å². The van der Waals surface area contributed by atoms with E-state index in [9.17, 15) is 9.18 Å². The van der Waals surface area contributed by atoms with Gasteiger partial charge in [0.05, 0.1) is 0 Å². The van der Waals surface area contributed by atoms with E-state index >= 15 is 0 Å². The first-order chi connectivity index (χ1) is 8.08. The molecule has 0 saturated carbocycles. The molecule has 17 heavy (non-hydrogen) atoms. The van der Waals surface area contributed by atoms with Crippen molar-refractivity contribution >= 4 is 11.5 Å². The number of nitrogen functional groups attached to an aromatic ring is 1. The molecule has 2 aromatic rings. The first-order valence-corrected chi connectivity index (χ1v) is 5.24. The first kappa shape index (κ1) is 11.3. The quantitative estimate of drug-likeness (QED) is 0.635. The van der Waals surface area contributed by atoms with Crippen LogP contribution in [0.3, 0.4) is 0 Å². The van der Waals surface area contributed by atoms with Gasteiger partial charge in [-0.15, -0.1) is 0 Å². The van der Waals surface area contributed by atoms with Crippen LogP contribution in [0.15, 0.2) is 42.5 Å². The molecular weight excluding hydrogens is 217 g/mol. The lowest BCUT2D eigenvalue weighted by atomic mass is 9.99. The van der Waals surface area contributed by atoms with Crippen molar-refractivity contribution < 1.29 is 9.18 Å². The van der Waals surface area contributed by atoms with E-state index in [1.54, 1.807) is 24.3 Å². The number of ketones is 1. The number of benzene rings is 2. The second-order valence-electron chi connectivity index (χ2n) is 3.91. The number of carbonyl (C=O) groups is 1. The van der Waals surface area contributed by atoms with E-state index in [0.717, 1.165) is 5.56 Å². The zero-order valence-electron chi connectivity index (χ0n) is 9.41. The van der Waals surface area contributed by atoms with Crippen molar-refractivity contribution in [3.8, 4) is 0 Å². The number of hydrogen-bond acceptors (Lipinski definition) is 2. The van der Waals surface area contributed by atoms with Crippen LogP contribution < -0.4 is 5.73 Å². The van der Waals surface area contributed by atoms with Crippen LogP contribution in [0.1, 0.15) is 21.5 Å². The molecule has 0 aliphatic rings. The molecule has 86 valence electrons. The largest absolute Gasteiger partial charge is 0.399 e. The minimum absolute atomic E-state index is 0.193. The van der Waals surface area contributed by atoms with E-state index in [4.69, 9.17) is 5.73 Å². The minimum atomic E-state index is -0.413. The molecule has 0 aliphatic carbocycles. The lowest BCUT2D eigenvalue weighted by Gasteiger charge is -2.06. The van der Waals surface area contributed by atoms with Gasteiger partial charge in [0.2, 0.25) is 0 Å². The molecule has 2 rings (SSSR count). The fraction of sp³-hybridized carbons (Fsp3) is 0.0714. The smallest absolute Gasteiger partial charge is 0.193 e. The van der Waals surface area contributed by atoms with Gasteiger partial charge in [0.1, 0.15) is 5.82 Å². The molecule has 0 radical (unpaired) electrons. The van der Waals surface area contributed by atoms with E-state index in [-0.39, 0.29) is 5.78 Å². The molecule has 0 aromatic heterocycles. The third kappa shape index (κ3) is 2.33. The van der Waals surface area contributed by atoms with E-state index in [1.165, 1.54) is 18.2 Å². The highest BCUT2D eigenvalue weighted by Gasteiger charge is 2.12. The Morgan fingerprint density at radius 1 is 1.18 bits per heavy atom. The number of rotatable bonds is 2. The molecule has 0 fully saturated rings. The Morgan fingerprint density at radius 3 is 2.59 bits per heavy atom. The van der Waals surface area contributed by atoms with Crippen LogP contribution in [0.25, 0.3) is 0 Å². The summed E-state index contributed by atoms with van der Waals surface area (Å²) in [5, 5.41) is 0. The maximum atomic E-state index is 13.0. The SMILES string of the molecule is Cc1cc(N)ccc1C(=O)c1cccc(F)c1. The monoisotopic (exact) mass is 229 g/mol. The van der Waals surface area contributed by atoms with Gasteiger partial charge >= 0.3 is 0 Å². The van der Waals surface area contributed by atoms with Gasteiger partial charge < -0.3 is 5.73 Å². The van der Waals surface area contributed by atoms with Gasteiger partial charge in [0, 0.05) is 16.8 Å². The summed E-state index contributed by atoms with van der Waals surface area (Å²) in [6.07, 6.45) is 0. The Kier molecular flexibility index (Phi) is 2.91. The molecule has 0 unspecified atom stereocenters. The highest BCUT2D eigenvalue weighted by atomic mass is 19.1. The van der Waals surface area contributed by atoms with E-state index in [1.807, 2.05) is 6.92 Å². The Hall–Kier alpha value is -2.16. The predicted octanol–water partition coefficient (Wildman–Crippen LogP) is 2.95. The Bertz CT molecular complexity index is 578. The van der Waals surface area contributed by atoms with Crippen LogP contribution >= 0.6 is 0 Å². The molecule has 2 nitrogen and oxygen atoms in total. The Labute approximate surface area is 98.9 Å². The van der Waals surface area contributed by atoms with Crippen LogP contribution in [0.5, 0.6) is 0 Å². The molecule has 0 saturated heterocycles. The fourth-order valence-electron chi connectivity index (χ4n) is 1.73. The zero-order chi connectivity index (χ0) is 12.4. The van der Waals surface area contributed by atoms with Crippen LogP contribution in [0, 0.1) is 12.7 Å². The Morgan fingerprint density at radius 2 is 1.94 bits per heavy atom. The molecule has 0 heterocycles. The third-order valence-corrected chi connectivity index (χ3v) is 2.58. The number of nitrogens with two attached hydrogens (primary N) is 1. The highest BCUT2D eigenvalue weighted by Crippen LogP contribution is 2.17. The second kappa shape index (κ2) is 4.37. The molecule has 0 bridgehead atoms. The van der Waals surface area contributed by atoms with Crippen molar-refractivity contribution in [2.45, 2.75) is 6.92 Å². The second-order valence-corrected chi connectivity index (χ2v) is 3.91. The molecular formula is C14H12FNO. The summed E-state index contributed by atoms with van der Waals surface area (Å²) in [4.78, 5) is 12.1. The van der Waals surface area contributed by atoms with E-state index in [2.05, 4.69) is 0 Å². The van der Waals surface area contributed by atoms with Crippen molar-refractivity contribution in [1.29, 1.82) is 0 Å². The first-order valence-electron chi connectivity index (χ1n) is 5.24. The summed E-state index contributed by atoms with van der Waals surface area (Å²) in [6.45, 7) is 1.81. The molecule has 0 aliphatic heterocycles. The van der Waals surface area contributed by atoms with Crippen molar-refractivity contribution in [1.82, 2.24) is 0 Å². The van der Waals surface area contributed by atoms with Crippen LogP contribution in [0.2, 0.25) is 0 Å². The summed E-state index contributed by atoms with van der Waals surface area (Å²) in [7, 11) is 0. The van der Waals surface area contributed by atoms with Crippen LogP contribution in [-0.2, 0) is 0 Å². The molecule has 2 aromatic carbocycles. The number of anilines is 1. The number of hydrogen-bond donors (Lipinski definition) is 1. The average molecular weight is 229 g/mol. The molecule has 2 N–H and O–H groups in total. The maximum absolute atomic E-state index is 13.0. The zero-order valence-corrected chi connectivity index (χ0v) is 9.41. The topological polar surface area (TPSA) is 43.1 Å². The predicted molar refractivity (Wildman–Crippen MR) is 65.4 cm³/mol. The van der Waals surface area contributed by atoms with E-state index < -0.39 is 5.82 Å². The van der Waals surface area contributed by atoms with E-state index in [0.29, 0.717) is 16.8 Å². The van der Waals surface area contributed by atoms with Crippen molar-refractivity contribution in [3.63, 3.8) is 0 Å². The normalized spacial score (nSPS) is 10.2. The van der Waals surface area contributed by atoms with Crippen LogP contribution in [-0.4, -0.2) is 5.78 Å². The standard InChI is InChI=1S/C14H12FNO/c1-9-7-12(16)5-6-13(9)14(17)10-3-2-4-11(15)8-10/h2-8H,16H2,1H3. The van der Waals surface area contributed by atoms with Gasteiger partial charge in [-0.2, -0.15) is 0 Å². The van der Waals surface area contributed by atoms with Crippen LogP contribution in [0.4, 0.5) is 10.1 Å². The lowest BCUT2D eigenvalue weighted by Crippen LogP contribution is -2.04. The van der Waals surface area contributed by atoms with Gasteiger partial charge in [0.25, 0.3) is 0 Å². The van der Waals surface area contributed by atoms with Gasteiger partial charge in [-0.1, -0.05) is 12.1 Å². The van der Waals surface area contributed by atoms with Gasteiger partial charge in [0.15, 0.2) is 5.78 Å². The molecule has 3 heteroatoms. The van der Waals surface area contributed by atoms with Gasteiger partial charge in [-0.05, 0) is 42.8 Å². The number of halogens is 1. The summed E-state index contributed by atoms with van der Waals surface area (Å²) < 4.78 is 13.0. The van der Waals surface area contributed by atoms with Gasteiger partial charge in [-0.3, -0.25) is 4.79 Å². The summed E-state index contributed by atoms with van der Waals surface area (Å²) in [6, 6.07) is 10.7. The highest BCUT2D eigenvalue weighted by molar-refractivity contribution is 6.10. The molecule has 0 atom stereocenters. The minimum Gasteiger partial charge on any atom is -0.399 e. The average Bonchev–Trinajstić information content (AvgIpc) is 2.28. The summed E-state index contributed by atoms with van der Waals surface area (Å²) in [5.74, 6) is -0.606. The molecule has 0 spiro atoms. The number of carbonyl (C=O) groups excluding carboxylic acids is 1. The fourth-order valence-corrected chi connectivity index (χ4v) is 1.73. The lowest BCUT2D eigenvalue weighted by molar-refractivity contribution is 0.103. The maximum Gasteiger partial charge on any atom is 0.193 e. The Balaban J connectivity index is 2.44. The third-order valence-electron chi connectivity index (χ3n) is 2.58. The molecule has 0 amide bonds. The summed E-state index contributed by atoms with van der Waals surface area (Å²) >= 11 is 0.